The molecule has 5 nitrogen and oxygen atoms in total. The number of ether oxygens (including phenoxy) is 1. The van der Waals surface area contributed by atoms with Crippen molar-refractivity contribution in [2.75, 3.05) is 18.1 Å². The number of carboxylic acids is 1. The number of rotatable bonds is 4. The molecule has 1 heterocycles. The van der Waals surface area contributed by atoms with Crippen molar-refractivity contribution in [3.05, 3.63) is 57.6 Å². The molecule has 1 aliphatic heterocycles. The number of carbonyl (C=O) groups is 2. The summed E-state index contributed by atoms with van der Waals surface area (Å²) in [4.78, 5) is 25.1. The third-order valence-electron chi connectivity index (χ3n) is 6.02. The molecule has 0 aliphatic carbocycles. The number of fused-ring (bicyclic) bond motifs is 1. The second kappa shape index (κ2) is 7.90. The highest BCUT2D eigenvalue weighted by atomic mass is 16.5. The molecule has 1 N–H and O–H groups in total. The van der Waals surface area contributed by atoms with Crippen molar-refractivity contribution in [1.29, 1.82) is 0 Å². The Hall–Kier alpha value is -2.82. The maximum atomic E-state index is 12.3. The van der Waals surface area contributed by atoms with Crippen LogP contribution in [0.4, 0.5) is 5.69 Å². The van der Waals surface area contributed by atoms with E-state index in [-0.39, 0.29) is 5.92 Å². The summed E-state index contributed by atoms with van der Waals surface area (Å²) < 4.78 is 6.09. The zero-order valence-electron chi connectivity index (χ0n) is 18.0. The van der Waals surface area contributed by atoms with E-state index in [2.05, 4.69) is 38.1 Å². The van der Waals surface area contributed by atoms with E-state index in [1.54, 1.807) is 6.92 Å². The summed E-state index contributed by atoms with van der Waals surface area (Å²) in [7, 11) is 0. The fourth-order valence-corrected chi connectivity index (χ4v) is 4.28. The minimum absolute atomic E-state index is 0.0582. The summed E-state index contributed by atoms with van der Waals surface area (Å²) in [6.45, 7) is 12.8. The van der Waals surface area contributed by atoms with Gasteiger partial charge in [-0.25, -0.2) is 4.79 Å². The number of carbonyl (C=O) groups excluding carboxylic acids is 1. The molecule has 2 aromatic carbocycles. The van der Waals surface area contributed by atoms with Crippen molar-refractivity contribution in [1.82, 2.24) is 0 Å². The van der Waals surface area contributed by atoms with E-state index >= 15 is 0 Å². The molecule has 3 rings (SSSR count). The van der Waals surface area contributed by atoms with E-state index in [9.17, 15) is 14.7 Å². The third kappa shape index (κ3) is 3.50. The predicted octanol–water partition coefficient (Wildman–Crippen LogP) is 4.70. The molecule has 0 saturated carbocycles. The van der Waals surface area contributed by atoms with Crippen LogP contribution < -0.4 is 9.64 Å². The number of nitrogens with zero attached hydrogens (tertiary/aromatic N) is 1. The van der Waals surface area contributed by atoms with Crippen LogP contribution in [0, 0.1) is 20.8 Å². The van der Waals surface area contributed by atoms with Gasteiger partial charge in [-0.3, -0.25) is 4.79 Å². The molecule has 0 spiro atoms. The number of amides is 1. The number of anilines is 1. The average molecular weight is 395 g/mol. The van der Waals surface area contributed by atoms with Crippen molar-refractivity contribution in [2.24, 2.45) is 0 Å². The summed E-state index contributed by atoms with van der Waals surface area (Å²) in [6.07, 6.45) is 0. The Morgan fingerprint density at radius 2 is 1.72 bits per heavy atom. The van der Waals surface area contributed by atoms with Crippen LogP contribution >= 0.6 is 0 Å². The molecule has 2 aromatic rings. The van der Waals surface area contributed by atoms with Crippen molar-refractivity contribution < 1.29 is 19.4 Å². The van der Waals surface area contributed by atoms with Crippen LogP contribution in [0.15, 0.2) is 24.3 Å². The SMILES string of the molecule is CCN(C(=O)C(=O)O)c1c(C)c(C)c2c(c1C)C(c1ccc(C(C)C)cc1)CO2. The maximum absolute atomic E-state index is 12.3. The fraction of sp³-hybridized carbons (Fsp3) is 0.417. The fourth-order valence-electron chi connectivity index (χ4n) is 4.28. The van der Waals surface area contributed by atoms with E-state index < -0.39 is 11.9 Å². The van der Waals surface area contributed by atoms with Crippen LogP contribution in [-0.4, -0.2) is 30.1 Å². The van der Waals surface area contributed by atoms with Crippen LogP contribution in [0.1, 0.15) is 66.0 Å². The molecule has 1 amide bonds. The summed E-state index contributed by atoms with van der Waals surface area (Å²) in [6, 6.07) is 8.60. The molecule has 1 aliphatic rings. The molecule has 0 radical (unpaired) electrons. The minimum Gasteiger partial charge on any atom is -0.492 e. The number of hydrogen-bond acceptors (Lipinski definition) is 3. The lowest BCUT2D eigenvalue weighted by Crippen LogP contribution is -2.37. The Balaban J connectivity index is 2.15. The molecule has 1 atom stereocenters. The van der Waals surface area contributed by atoms with Gasteiger partial charge in [-0.1, -0.05) is 38.1 Å². The number of benzene rings is 2. The Morgan fingerprint density at radius 3 is 2.24 bits per heavy atom. The number of aliphatic carboxylic acids is 1. The van der Waals surface area contributed by atoms with Crippen molar-refractivity contribution in [3.63, 3.8) is 0 Å². The van der Waals surface area contributed by atoms with Gasteiger partial charge < -0.3 is 14.7 Å². The van der Waals surface area contributed by atoms with Gasteiger partial charge >= 0.3 is 11.9 Å². The number of hydrogen-bond donors (Lipinski definition) is 1. The molecule has 0 aromatic heterocycles. The summed E-state index contributed by atoms with van der Waals surface area (Å²) >= 11 is 0. The zero-order valence-corrected chi connectivity index (χ0v) is 18.0. The van der Waals surface area contributed by atoms with Gasteiger partial charge in [0.2, 0.25) is 0 Å². The highest BCUT2D eigenvalue weighted by Gasteiger charge is 2.34. The normalized spacial score (nSPS) is 15.2. The van der Waals surface area contributed by atoms with Gasteiger partial charge in [-0.2, -0.15) is 0 Å². The Kier molecular flexibility index (Phi) is 5.69. The van der Waals surface area contributed by atoms with Gasteiger partial charge in [0, 0.05) is 18.0 Å². The first-order valence-electron chi connectivity index (χ1n) is 10.1. The van der Waals surface area contributed by atoms with Crippen molar-refractivity contribution in [3.8, 4) is 5.75 Å². The van der Waals surface area contributed by atoms with E-state index in [4.69, 9.17) is 4.74 Å². The van der Waals surface area contributed by atoms with Gasteiger partial charge in [0.15, 0.2) is 0 Å². The Bertz CT molecular complexity index is 960. The number of likely N-dealkylation sites (N-methyl/N-ethyl adjacent to an activating group) is 1. The van der Waals surface area contributed by atoms with Crippen molar-refractivity contribution in [2.45, 2.75) is 53.4 Å². The maximum Gasteiger partial charge on any atom is 0.394 e. The first-order valence-corrected chi connectivity index (χ1v) is 10.1. The quantitative estimate of drug-likeness (QED) is 0.762. The largest absolute Gasteiger partial charge is 0.492 e. The monoisotopic (exact) mass is 395 g/mol. The summed E-state index contributed by atoms with van der Waals surface area (Å²) in [5, 5.41) is 9.27. The topological polar surface area (TPSA) is 66.8 Å². The van der Waals surface area contributed by atoms with Crippen molar-refractivity contribution >= 4 is 17.6 Å². The van der Waals surface area contributed by atoms with E-state index in [1.165, 1.54) is 10.5 Å². The highest BCUT2D eigenvalue weighted by molar-refractivity contribution is 6.37. The molecule has 0 bridgehead atoms. The lowest BCUT2D eigenvalue weighted by atomic mass is 9.85. The van der Waals surface area contributed by atoms with Crippen LogP contribution in [0.25, 0.3) is 0 Å². The predicted molar refractivity (Wildman–Crippen MR) is 114 cm³/mol. The second-order valence-corrected chi connectivity index (χ2v) is 8.01. The number of carboxylic acid groups (broad SMARTS) is 1. The Labute approximate surface area is 172 Å². The molecular weight excluding hydrogens is 366 g/mol. The molecular formula is C24H29NO4. The highest BCUT2D eigenvalue weighted by Crippen LogP contribution is 2.47. The Morgan fingerprint density at radius 1 is 1.10 bits per heavy atom. The molecule has 29 heavy (non-hydrogen) atoms. The van der Waals surface area contributed by atoms with E-state index in [0.717, 1.165) is 33.6 Å². The lowest BCUT2D eigenvalue weighted by Gasteiger charge is -2.27. The van der Waals surface area contributed by atoms with Gasteiger partial charge in [0.05, 0.1) is 12.3 Å². The molecule has 154 valence electrons. The van der Waals surface area contributed by atoms with Crippen LogP contribution in [0.3, 0.4) is 0 Å². The van der Waals surface area contributed by atoms with Crippen LogP contribution in [0.5, 0.6) is 5.75 Å². The lowest BCUT2D eigenvalue weighted by molar-refractivity contribution is -0.148. The third-order valence-corrected chi connectivity index (χ3v) is 6.02. The van der Waals surface area contributed by atoms with Gasteiger partial charge in [-0.05, 0) is 61.4 Å². The minimum atomic E-state index is -1.44. The van der Waals surface area contributed by atoms with Gasteiger partial charge in [0.1, 0.15) is 5.75 Å². The zero-order chi connectivity index (χ0) is 21.5. The standard InChI is InChI=1S/C24H29NO4/c1-7-25(23(26)24(27)28)21-14(4)15(5)22-20(16(21)6)19(12-29-22)18-10-8-17(9-11-18)13(2)3/h8-11,13,19H,7,12H2,1-6H3,(H,27,28). The van der Waals surface area contributed by atoms with E-state index in [0.29, 0.717) is 24.8 Å². The van der Waals surface area contributed by atoms with Crippen LogP contribution in [0.2, 0.25) is 0 Å². The first kappa shape index (κ1) is 20.9. The molecule has 5 heteroatoms. The molecule has 0 fully saturated rings. The van der Waals surface area contributed by atoms with E-state index in [1.807, 2.05) is 20.8 Å². The molecule has 1 unspecified atom stereocenters. The van der Waals surface area contributed by atoms with Crippen LogP contribution in [-0.2, 0) is 9.59 Å². The average Bonchev–Trinajstić information content (AvgIpc) is 3.14. The smallest absolute Gasteiger partial charge is 0.394 e. The second-order valence-electron chi connectivity index (χ2n) is 8.01. The summed E-state index contributed by atoms with van der Waals surface area (Å²) in [5.41, 5.74) is 6.94. The van der Waals surface area contributed by atoms with Gasteiger partial charge in [-0.15, -0.1) is 0 Å². The molecule has 0 saturated heterocycles. The first-order chi connectivity index (χ1) is 13.7. The summed E-state index contributed by atoms with van der Waals surface area (Å²) in [5.74, 6) is -0.964. The van der Waals surface area contributed by atoms with Gasteiger partial charge in [0.25, 0.3) is 0 Å².